The summed E-state index contributed by atoms with van der Waals surface area (Å²) in [6.07, 6.45) is 7.56. The van der Waals surface area contributed by atoms with E-state index in [9.17, 15) is 4.79 Å². The van der Waals surface area contributed by atoms with Crippen molar-refractivity contribution in [2.75, 3.05) is 19.7 Å². The Balaban J connectivity index is 1.52. The van der Waals surface area contributed by atoms with E-state index >= 15 is 0 Å². The highest BCUT2D eigenvalue weighted by Gasteiger charge is 2.23. The zero-order chi connectivity index (χ0) is 17.6. The van der Waals surface area contributed by atoms with Crippen molar-refractivity contribution in [1.82, 2.24) is 19.8 Å². The van der Waals surface area contributed by atoms with Gasteiger partial charge >= 0.3 is 6.03 Å². The molecule has 0 spiro atoms. The van der Waals surface area contributed by atoms with Gasteiger partial charge in [0, 0.05) is 43.6 Å². The van der Waals surface area contributed by atoms with Crippen LogP contribution in [0.15, 0.2) is 36.9 Å². The van der Waals surface area contributed by atoms with Crippen molar-refractivity contribution in [3.05, 3.63) is 48.0 Å². The molecule has 1 aliphatic heterocycles. The first kappa shape index (κ1) is 17.3. The molecule has 0 saturated carbocycles. The van der Waals surface area contributed by atoms with Crippen LogP contribution in [0.2, 0.25) is 0 Å². The molecule has 0 unspecified atom stereocenters. The highest BCUT2D eigenvalue weighted by molar-refractivity contribution is 5.74. The number of nitrogens with one attached hydrogen (secondary N) is 1. The second-order valence-corrected chi connectivity index (χ2v) is 6.43. The Morgan fingerprint density at radius 1 is 1.36 bits per heavy atom. The van der Waals surface area contributed by atoms with E-state index in [2.05, 4.69) is 14.9 Å². The number of amides is 2. The van der Waals surface area contributed by atoms with Crippen molar-refractivity contribution in [1.29, 1.82) is 0 Å². The molecule has 1 fully saturated rings. The van der Waals surface area contributed by atoms with Gasteiger partial charge in [0.1, 0.15) is 5.75 Å². The highest BCUT2D eigenvalue weighted by Crippen LogP contribution is 2.23. The summed E-state index contributed by atoms with van der Waals surface area (Å²) in [6, 6.07) is 6.51. The molecule has 6 heteroatoms. The molecule has 1 aromatic carbocycles. The molecule has 6 nitrogen and oxygen atoms in total. The van der Waals surface area contributed by atoms with E-state index in [-0.39, 0.29) is 6.03 Å². The molecule has 0 aliphatic carbocycles. The number of rotatable bonds is 5. The van der Waals surface area contributed by atoms with Crippen LogP contribution in [0.1, 0.15) is 36.9 Å². The quantitative estimate of drug-likeness (QED) is 0.908. The van der Waals surface area contributed by atoms with Crippen LogP contribution in [-0.4, -0.2) is 40.2 Å². The molecule has 2 heterocycles. The van der Waals surface area contributed by atoms with Crippen molar-refractivity contribution in [2.45, 2.75) is 39.3 Å². The zero-order valence-corrected chi connectivity index (χ0v) is 14.9. The van der Waals surface area contributed by atoms with Gasteiger partial charge in [-0.25, -0.2) is 9.78 Å². The molecule has 134 valence electrons. The number of piperidine rings is 1. The molecule has 1 aromatic heterocycles. The third-order valence-corrected chi connectivity index (χ3v) is 4.65. The predicted molar refractivity (Wildman–Crippen MR) is 96.7 cm³/mol. The second kappa shape index (κ2) is 8.05. The number of aryl methyl sites for hydroxylation is 1. The molecule has 1 saturated heterocycles. The van der Waals surface area contributed by atoms with E-state index in [0.717, 1.165) is 42.8 Å². The van der Waals surface area contributed by atoms with Gasteiger partial charge in [-0.3, -0.25) is 0 Å². The Hall–Kier alpha value is -2.50. The number of ether oxygens (including phenoxy) is 1. The zero-order valence-electron chi connectivity index (χ0n) is 14.9. The minimum Gasteiger partial charge on any atom is -0.494 e. The van der Waals surface area contributed by atoms with Gasteiger partial charge in [-0.1, -0.05) is 12.1 Å². The SMILES string of the molecule is CCOc1cc(C)ccc1CNC(=O)N1CCC(n2ccnc2)CC1. The minimum absolute atomic E-state index is 0.00731. The summed E-state index contributed by atoms with van der Waals surface area (Å²) < 4.78 is 7.81. The minimum atomic E-state index is -0.00731. The van der Waals surface area contributed by atoms with E-state index in [1.807, 2.05) is 49.5 Å². The fourth-order valence-electron chi connectivity index (χ4n) is 3.23. The van der Waals surface area contributed by atoms with E-state index in [0.29, 0.717) is 19.2 Å². The molecule has 1 N–H and O–H groups in total. The summed E-state index contributed by atoms with van der Waals surface area (Å²) in [7, 11) is 0. The van der Waals surface area contributed by atoms with E-state index in [1.54, 1.807) is 6.20 Å². The van der Waals surface area contributed by atoms with Gasteiger partial charge in [0.05, 0.1) is 12.9 Å². The Kier molecular flexibility index (Phi) is 5.58. The first-order valence-electron chi connectivity index (χ1n) is 8.90. The van der Waals surface area contributed by atoms with Crippen molar-refractivity contribution < 1.29 is 9.53 Å². The highest BCUT2D eigenvalue weighted by atomic mass is 16.5. The summed E-state index contributed by atoms with van der Waals surface area (Å²) in [4.78, 5) is 18.4. The van der Waals surface area contributed by atoms with Crippen LogP contribution < -0.4 is 10.1 Å². The maximum Gasteiger partial charge on any atom is 0.317 e. The number of benzene rings is 1. The molecule has 25 heavy (non-hydrogen) atoms. The monoisotopic (exact) mass is 342 g/mol. The van der Waals surface area contributed by atoms with Gasteiger partial charge in [0.2, 0.25) is 0 Å². The van der Waals surface area contributed by atoms with E-state index < -0.39 is 0 Å². The first-order chi connectivity index (χ1) is 12.2. The summed E-state index contributed by atoms with van der Waals surface area (Å²) >= 11 is 0. The average molecular weight is 342 g/mol. The van der Waals surface area contributed by atoms with Crippen LogP contribution in [0.4, 0.5) is 4.79 Å². The summed E-state index contributed by atoms with van der Waals surface area (Å²) in [5, 5.41) is 3.02. The lowest BCUT2D eigenvalue weighted by Gasteiger charge is -2.32. The smallest absolute Gasteiger partial charge is 0.317 e. The third kappa shape index (κ3) is 4.32. The fraction of sp³-hybridized carbons (Fsp3) is 0.474. The predicted octanol–water partition coefficient (Wildman–Crippen LogP) is 3.14. The Bertz CT molecular complexity index is 691. The third-order valence-electron chi connectivity index (χ3n) is 4.65. The molecule has 0 atom stereocenters. The summed E-state index contributed by atoms with van der Waals surface area (Å²) in [5.41, 5.74) is 2.16. The number of imidazole rings is 1. The van der Waals surface area contributed by atoms with Crippen LogP contribution in [0, 0.1) is 6.92 Å². The van der Waals surface area contributed by atoms with E-state index in [1.165, 1.54) is 0 Å². The first-order valence-corrected chi connectivity index (χ1v) is 8.90. The van der Waals surface area contributed by atoms with Crippen molar-refractivity contribution in [2.24, 2.45) is 0 Å². The van der Waals surface area contributed by atoms with Gasteiger partial charge in [0.25, 0.3) is 0 Å². The standard InChI is InChI=1S/C19H26N4O2/c1-3-25-18-12-15(2)4-5-16(18)13-21-19(24)22-9-6-17(7-10-22)23-11-8-20-14-23/h4-5,8,11-12,14,17H,3,6-7,9-10,13H2,1-2H3,(H,21,24). The topological polar surface area (TPSA) is 59.4 Å². The Labute approximate surface area is 148 Å². The molecule has 1 aliphatic rings. The van der Waals surface area contributed by atoms with Crippen LogP contribution in [0.25, 0.3) is 0 Å². The van der Waals surface area contributed by atoms with Crippen LogP contribution in [0.3, 0.4) is 0 Å². The molecule has 0 radical (unpaired) electrons. The van der Waals surface area contributed by atoms with E-state index in [4.69, 9.17) is 4.74 Å². The number of urea groups is 1. The Morgan fingerprint density at radius 3 is 2.84 bits per heavy atom. The number of carbonyl (C=O) groups excluding carboxylic acids is 1. The summed E-state index contributed by atoms with van der Waals surface area (Å²) in [6.45, 7) is 6.63. The number of aromatic nitrogens is 2. The lowest BCUT2D eigenvalue weighted by Crippen LogP contribution is -2.44. The maximum absolute atomic E-state index is 12.5. The van der Waals surface area contributed by atoms with Crippen molar-refractivity contribution >= 4 is 6.03 Å². The average Bonchev–Trinajstić information content (AvgIpc) is 3.16. The number of hydrogen-bond acceptors (Lipinski definition) is 3. The van der Waals surface area contributed by atoms with Crippen molar-refractivity contribution in [3.8, 4) is 5.75 Å². The van der Waals surface area contributed by atoms with Gasteiger partial charge < -0.3 is 19.5 Å². The molecule has 2 aromatic rings. The van der Waals surface area contributed by atoms with Gasteiger partial charge in [0.15, 0.2) is 0 Å². The lowest BCUT2D eigenvalue weighted by molar-refractivity contribution is 0.171. The number of carbonyl (C=O) groups is 1. The molecule has 2 amide bonds. The van der Waals surface area contributed by atoms with Crippen LogP contribution in [0.5, 0.6) is 5.75 Å². The van der Waals surface area contributed by atoms with Crippen LogP contribution >= 0.6 is 0 Å². The second-order valence-electron chi connectivity index (χ2n) is 6.43. The molecular weight excluding hydrogens is 316 g/mol. The van der Waals surface area contributed by atoms with Crippen molar-refractivity contribution in [3.63, 3.8) is 0 Å². The molecule has 3 rings (SSSR count). The lowest BCUT2D eigenvalue weighted by atomic mass is 10.1. The van der Waals surface area contributed by atoms with Gasteiger partial charge in [-0.15, -0.1) is 0 Å². The molecule has 0 bridgehead atoms. The molecular formula is C19H26N4O2. The van der Waals surface area contributed by atoms with Gasteiger partial charge in [-0.2, -0.15) is 0 Å². The number of likely N-dealkylation sites (tertiary alicyclic amines) is 1. The largest absolute Gasteiger partial charge is 0.494 e. The van der Waals surface area contributed by atoms with Gasteiger partial charge in [-0.05, 0) is 38.3 Å². The Morgan fingerprint density at radius 2 is 2.16 bits per heavy atom. The summed E-state index contributed by atoms with van der Waals surface area (Å²) in [5.74, 6) is 0.849. The fourth-order valence-corrected chi connectivity index (χ4v) is 3.23. The normalized spacial score (nSPS) is 15.2. The maximum atomic E-state index is 12.5. The van der Waals surface area contributed by atoms with Crippen LogP contribution in [-0.2, 0) is 6.54 Å². The number of hydrogen-bond donors (Lipinski definition) is 1. The number of nitrogens with zero attached hydrogens (tertiary/aromatic N) is 3.